The van der Waals surface area contributed by atoms with Gasteiger partial charge in [-0.1, -0.05) is 11.8 Å². The molecule has 1 aliphatic rings. The summed E-state index contributed by atoms with van der Waals surface area (Å²) in [5, 5.41) is 0.130. The minimum Gasteiger partial charge on any atom is -0.282 e. The number of hydrogen-bond donors (Lipinski definition) is 1. The van der Waals surface area contributed by atoms with Gasteiger partial charge in [0.15, 0.2) is 0 Å². The van der Waals surface area contributed by atoms with Gasteiger partial charge in [0.05, 0.1) is 0 Å². The van der Waals surface area contributed by atoms with Crippen LogP contribution in [-0.4, -0.2) is 10.9 Å². The molecule has 1 heterocycles. The normalized spacial score (nSPS) is 20.1. The van der Waals surface area contributed by atoms with Crippen molar-refractivity contribution in [1.82, 2.24) is 0 Å². The molecule has 1 nitrogen and oxygen atoms in total. The monoisotopic (exact) mass is 132 g/mol. The first-order valence-corrected chi connectivity index (χ1v) is 3.28. The second kappa shape index (κ2) is 1.92. The molecule has 0 saturated heterocycles. The molecule has 1 aliphatic heterocycles. The molecule has 38 valence electrons. The molecule has 1 rings (SSSR count). The van der Waals surface area contributed by atoms with E-state index in [1.807, 2.05) is 0 Å². The van der Waals surface area contributed by atoms with Crippen LogP contribution in [0.1, 0.15) is 0 Å². The van der Waals surface area contributed by atoms with Gasteiger partial charge in [0.25, 0.3) is 0 Å². The van der Waals surface area contributed by atoms with Gasteiger partial charge in [-0.15, -0.1) is 12.6 Å². The fourth-order valence-electron chi connectivity index (χ4n) is 0.364. The van der Waals surface area contributed by atoms with Crippen molar-refractivity contribution in [3.63, 3.8) is 0 Å². The van der Waals surface area contributed by atoms with Gasteiger partial charge in [0.2, 0.25) is 5.12 Å². The van der Waals surface area contributed by atoms with Crippen LogP contribution in [-0.2, 0) is 4.79 Å². The van der Waals surface area contributed by atoms with Crippen molar-refractivity contribution in [3.8, 4) is 0 Å². The first-order valence-electron chi connectivity index (χ1n) is 1.85. The number of thiol groups is 1. The Morgan fingerprint density at radius 2 is 2.57 bits per heavy atom. The van der Waals surface area contributed by atoms with E-state index in [9.17, 15) is 4.79 Å². The average Bonchev–Trinajstić information content (AvgIpc) is 1.87. The smallest absolute Gasteiger partial charge is 0.213 e. The Balaban J connectivity index is 2.67. The van der Waals surface area contributed by atoms with E-state index in [2.05, 4.69) is 12.6 Å². The minimum absolute atomic E-state index is 0.130. The second-order valence-corrected chi connectivity index (χ2v) is 2.80. The largest absolute Gasteiger partial charge is 0.282 e. The molecule has 0 bridgehead atoms. The molecule has 7 heavy (non-hydrogen) atoms. The van der Waals surface area contributed by atoms with Crippen LogP contribution in [0, 0.1) is 0 Å². The summed E-state index contributed by atoms with van der Waals surface area (Å²) in [6.07, 6.45) is 1.55. The van der Waals surface area contributed by atoms with Crippen molar-refractivity contribution < 1.29 is 4.79 Å². The molecule has 0 fully saturated rings. The highest BCUT2D eigenvalue weighted by atomic mass is 32.2. The summed E-state index contributed by atoms with van der Waals surface area (Å²) in [5.41, 5.74) is 0. The van der Waals surface area contributed by atoms with E-state index in [4.69, 9.17) is 0 Å². The maximum Gasteiger partial charge on any atom is 0.213 e. The van der Waals surface area contributed by atoms with E-state index in [0.29, 0.717) is 0 Å². The molecule has 0 aromatic carbocycles. The van der Waals surface area contributed by atoms with Gasteiger partial charge >= 0.3 is 0 Å². The number of carbonyl (C=O) groups is 1. The zero-order valence-corrected chi connectivity index (χ0v) is 5.26. The van der Waals surface area contributed by atoms with Gasteiger partial charge in [-0.2, -0.15) is 0 Å². The van der Waals surface area contributed by atoms with Gasteiger partial charge in [-0.25, -0.2) is 0 Å². The van der Waals surface area contributed by atoms with E-state index in [-0.39, 0.29) is 5.12 Å². The predicted molar refractivity (Wildman–Crippen MR) is 34.5 cm³/mol. The van der Waals surface area contributed by atoms with Crippen molar-refractivity contribution in [3.05, 3.63) is 11.0 Å². The Bertz CT molecular complexity index is 128. The van der Waals surface area contributed by atoms with E-state index in [1.165, 1.54) is 11.8 Å². The van der Waals surface area contributed by atoms with Crippen molar-refractivity contribution in [2.75, 3.05) is 5.75 Å². The van der Waals surface area contributed by atoms with Gasteiger partial charge < -0.3 is 0 Å². The lowest BCUT2D eigenvalue weighted by Crippen LogP contribution is -1.72. The molecule has 0 atom stereocenters. The lowest BCUT2D eigenvalue weighted by molar-refractivity contribution is -0.106. The zero-order valence-electron chi connectivity index (χ0n) is 3.55. The topological polar surface area (TPSA) is 17.1 Å². The number of carbonyl (C=O) groups excluding carboxylic acids is 1. The Hall–Kier alpha value is 0.110. The second-order valence-electron chi connectivity index (χ2n) is 1.24. The molecule has 0 aromatic heterocycles. The van der Waals surface area contributed by atoms with Crippen LogP contribution >= 0.6 is 24.4 Å². The summed E-state index contributed by atoms with van der Waals surface area (Å²) in [5.74, 6) is 0.766. The lowest BCUT2D eigenvalue weighted by Gasteiger charge is -1.77. The summed E-state index contributed by atoms with van der Waals surface area (Å²) in [4.78, 5) is 11.2. The molecule has 0 unspecified atom stereocenters. The fraction of sp³-hybridized carbons (Fsp3) is 0.250. The van der Waals surface area contributed by atoms with Crippen molar-refractivity contribution >= 4 is 29.5 Å². The Morgan fingerprint density at radius 3 is 2.71 bits per heavy atom. The molecule has 0 radical (unpaired) electrons. The van der Waals surface area contributed by atoms with Crippen molar-refractivity contribution in [2.24, 2.45) is 0 Å². The van der Waals surface area contributed by atoms with Crippen LogP contribution in [0.4, 0.5) is 0 Å². The third-order valence-electron chi connectivity index (χ3n) is 0.647. The van der Waals surface area contributed by atoms with Crippen LogP contribution in [0.25, 0.3) is 0 Å². The maximum atomic E-state index is 10.3. The molecular weight excluding hydrogens is 128 g/mol. The van der Waals surface area contributed by atoms with E-state index >= 15 is 0 Å². The fourth-order valence-corrected chi connectivity index (χ4v) is 1.36. The SMILES string of the molecule is O=C1C=C(S)CS1. The van der Waals surface area contributed by atoms with Gasteiger partial charge in [-0.3, -0.25) is 4.79 Å². The number of hydrogen-bond acceptors (Lipinski definition) is 3. The number of thioether (sulfide) groups is 1. The van der Waals surface area contributed by atoms with Crippen molar-refractivity contribution in [1.29, 1.82) is 0 Å². The first kappa shape index (κ1) is 5.25. The zero-order chi connectivity index (χ0) is 5.28. The van der Waals surface area contributed by atoms with Crippen LogP contribution in [0.2, 0.25) is 0 Å². The molecule has 0 aromatic rings. The number of rotatable bonds is 0. The molecule has 3 heteroatoms. The summed E-state index contributed by atoms with van der Waals surface area (Å²) in [7, 11) is 0. The average molecular weight is 132 g/mol. The highest BCUT2D eigenvalue weighted by molar-refractivity contribution is 8.15. The third-order valence-corrected chi connectivity index (χ3v) is 2.01. The summed E-state index contributed by atoms with van der Waals surface area (Å²) in [6.45, 7) is 0. The lowest BCUT2D eigenvalue weighted by atomic mass is 10.6. The third kappa shape index (κ3) is 1.24. The van der Waals surface area contributed by atoms with E-state index in [1.54, 1.807) is 6.08 Å². The molecule has 0 saturated carbocycles. The summed E-state index contributed by atoms with van der Waals surface area (Å²) < 4.78 is 0. The summed E-state index contributed by atoms with van der Waals surface area (Å²) in [6, 6.07) is 0. The summed E-state index contributed by atoms with van der Waals surface area (Å²) >= 11 is 5.27. The van der Waals surface area contributed by atoms with Crippen molar-refractivity contribution in [2.45, 2.75) is 0 Å². The van der Waals surface area contributed by atoms with Gasteiger partial charge in [-0.05, 0) is 4.91 Å². The molecule has 0 aliphatic carbocycles. The molecule has 0 N–H and O–H groups in total. The predicted octanol–water partition coefficient (Wildman–Crippen LogP) is 1.07. The highest BCUT2D eigenvalue weighted by Crippen LogP contribution is 2.20. The Morgan fingerprint density at radius 1 is 1.86 bits per heavy atom. The van der Waals surface area contributed by atoms with Crippen LogP contribution in [0.3, 0.4) is 0 Å². The van der Waals surface area contributed by atoms with Crippen LogP contribution in [0.15, 0.2) is 11.0 Å². The molecule has 0 spiro atoms. The molecular formula is C4H4OS2. The van der Waals surface area contributed by atoms with Crippen LogP contribution < -0.4 is 0 Å². The van der Waals surface area contributed by atoms with E-state index in [0.717, 1.165) is 10.7 Å². The highest BCUT2D eigenvalue weighted by Gasteiger charge is 2.07. The van der Waals surface area contributed by atoms with E-state index < -0.39 is 0 Å². The Kier molecular flexibility index (Phi) is 1.44. The van der Waals surface area contributed by atoms with Gasteiger partial charge in [0, 0.05) is 11.8 Å². The quantitative estimate of drug-likeness (QED) is 0.497. The van der Waals surface area contributed by atoms with Crippen LogP contribution in [0.5, 0.6) is 0 Å². The van der Waals surface area contributed by atoms with Gasteiger partial charge in [0.1, 0.15) is 0 Å². The maximum absolute atomic E-state index is 10.3. The Labute approximate surface area is 51.6 Å². The standard InChI is InChI=1S/C4H4OS2/c5-4-1-3(6)2-7-4/h1,6H,2H2. The first-order chi connectivity index (χ1) is 3.29. The molecule has 0 amide bonds. The minimum atomic E-state index is 0.130.